The minimum absolute atomic E-state index is 0.0378. The summed E-state index contributed by atoms with van der Waals surface area (Å²) in [4.78, 5) is 24.8. The van der Waals surface area contributed by atoms with Crippen LogP contribution in [0.5, 0.6) is 11.5 Å². The van der Waals surface area contributed by atoms with Crippen LogP contribution in [0.15, 0.2) is 18.2 Å². The fourth-order valence-corrected chi connectivity index (χ4v) is 3.52. The van der Waals surface area contributed by atoms with Crippen LogP contribution in [0.4, 0.5) is 0 Å². The normalized spacial score (nSPS) is 19.0. The molecule has 0 saturated carbocycles. The van der Waals surface area contributed by atoms with Crippen LogP contribution in [-0.4, -0.2) is 26.9 Å². The van der Waals surface area contributed by atoms with Crippen molar-refractivity contribution in [1.82, 2.24) is 0 Å². The molecule has 5 heteroatoms. The molecule has 1 aliphatic carbocycles. The molecule has 3 N–H and O–H groups in total. The summed E-state index contributed by atoms with van der Waals surface area (Å²) >= 11 is 0. The van der Waals surface area contributed by atoms with E-state index in [1.54, 1.807) is 26.0 Å². The van der Waals surface area contributed by atoms with E-state index in [4.69, 9.17) is 0 Å². The van der Waals surface area contributed by atoms with Crippen LogP contribution in [0, 0.1) is 13.8 Å². The molecule has 1 unspecified atom stereocenters. The molecule has 0 spiro atoms. The number of aliphatic hydroxyl groups is 1. The van der Waals surface area contributed by atoms with Gasteiger partial charge in [-0.15, -0.1) is 0 Å². The number of ketones is 2. The summed E-state index contributed by atoms with van der Waals surface area (Å²) in [6.07, 6.45) is 0. The van der Waals surface area contributed by atoms with Crippen molar-refractivity contribution >= 4 is 11.6 Å². The van der Waals surface area contributed by atoms with E-state index in [1.807, 2.05) is 0 Å². The van der Waals surface area contributed by atoms with Crippen molar-refractivity contribution in [3.8, 4) is 11.5 Å². The molecule has 3 rings (SSSR count). The van der Waals surface area contributed by atoms with Gasteiger partial charge in [0, 0.05) is 16.7 Å². The van der Waals surface area contributed by atoms with E-state index in [0.717, 1.165) is 0 Å². The third kappa shape index (κ3) is 1.91. The van der Waals surface area contributed by atoms with Crippen molar-refractivity contribution in [1.29, 1.82) is 0 Å². The molecule has 0 radical (unpaired) electrons. The van der Waals surface area contributed by atoms with Gasteiger partial charge >= 0.3 is 0 Å². The number of carbonyl (C=O) groups excluding carboxylic acids is 2. The van der Waals surface area contributed by atoms with Gasteiger partial charge in [-0.1, -0.05) is 12.1 Å². The smallest absolute Gasteiger partial charge is 0.197 e. The fraction of sp³-hybridized carbons (Fsp3) is 0.263. The van der Waals surface area contributed by atoms with Crippen LogP contribution >= 0.6 is 0 Å². The topological polar surface area (TPSA) is 94.8 Å². The highest BCUT2D eigenvalue weighted by atomic mass is 16.3. The maximum atomic E-state index is 13.0. The number of Topliss-reactive ketones (excluding diaryl/α,β-unsaturated/α-hetero) is 1. The Hall–Kier alpha value is -2.66. The quantitative estimate of drug-likeness (QED) is 0.700. The maximum Gasteiger partial charge on any atom is 0.197 e. The number of benzene rings is 2. The third-order valence-corrected chi connectivity index (χ3v) is 4.79. The van der Waals surface area contributed by atoms with Gasteiger partial charge < -0.3 is 15.3 Å². The van der Waals surface area contributed by atoms with E-state index in [2.05, 4.69) is 0 Å². The average molecular weight is 326 g/mol. The highest BCUT2D eigenvalue weighted by Gasteiger charge is 2.42. The molecule has 2 aromatic rings. The molecule has 24 heavy (non-hydrogen) atoms. The predicted octanol–water partition coefficient (Wildman–Crippen LogP) is 2.72. The van der Waals surface area contributed by atoms with Crippen LogP contribution < -0.4 is 0 Å². The molecule has 0 bridgehead atoms. The molecule has 0 amide bonds. The minimum Gasteiger partial charge on any atom is -0.507 e. The highest BCUT2D eigenvalue weighted by molar-refractivity contribution is 6.17. The Morgan fingerprint density at radius 2 is 1.71 bits per heavy atom. The molecule has 0 aliphatic heterocycles. The zero-order valence-electron chi connectivity index (χ0n) is 13.9. The first kappa shape index (κ1) is 16.2. The molecule has 0 saturated heterocycles. The minimum atomic E-state index is -1.58. The van der Waals surface area contributed by atoms with Crippen molar-refractivity contribution in [2.45, 2.75) is 33.3 Å². The third-order valence-electron chi connectivity index (χ3n) is 4.79. The van der Waals surface area contributed by atoms with Crippen LogP contribution in [0.25, 0.3) is 0 Å². The van der Waals surface area contributed by atoms with Crippen molar-refractivity contribution in [2.24, 2.45) is 0 Å². The van der Waals surface area contributed by atoms with Crippen molar-refractivity contribution in [2.75, 3.05) is 0 Å². The van der Waals surface area contributed by atoms with E-state index in [9.17, 15) is 24.9 Å². The van der Waals surface area contributed by atoms with Crippen LogP contribution in [-0.2, 0) is 5.60 Å². The molecule has 5 nitrogen and oxygen atoms in total. The van der Waals surface area contributed by atoms with Gasteiger partial charge in [0.25, 0.3) is 0 Å². The number of aromatic hydroxyl groups is 2. The lowest BCUT2D eigenvalue weighted by atomic mass is 9.72. The molecule has 2 aromatic carbocycles. The number of hydrogen-bond acceptors (Lipinski definition) is 5. The van der Waals surface area contributed by atoms with E-state index >= 15 is 0 Å². The van der Waals surface area contributed by atoms with Crippen molar-refractivity contribution < 1.29 is 24.9 Å². The molecule has 0 heterocycles. The van der Waals surface area contributed by atoms with Crippen LogP contribution in [0.2, 0.25) is 0 Å². The number of fused-ring (bicyclic) bond motifs is 2. The first-order valence-electron chi connectivity index (χ1n) is 7.57. The van der Waals surface area contributed by atoms with Crippen molar-refractivity contribution in [3.05, 3.63) is 57.1 Å². The summed E-state index contributed by atoms with van der Waals surface area (Å²) in [6, 6.07) is 4.48. The number of hydrogen-bond donors (Lipinski definition) is 3. The van der Waals surface area contributed by atoms with Crippen LogP contribution in [0.3, 0.4) is 0 Å². The second-order valence-corrected chi connectivity index (χ2v) is 6.43. The zero-order chi connectivity index (χ0) is 18.0. The summed E-state index contributed by atoms with van der Waals surface area (Å²) < 4.78 is 0. The van der Waals surface area contributed by atoms with E-state index in [1.165, 1.54) is 19.9 Å². The van der Waals surface area contributed by atoms with Gasteiger partial charge in [0.05, 0.1) is 11.1 Å². The van der Waals surface area contributed by atoms with Gasteiger partial charge in [0.15, 0.2) is 11.6 Å². The average Bonchev–Trinajstić information content (AvgIpc) is 2.47. The van der Waals surface area contributed by atoms with E-state index in [-0.39, 0.29) is 45.1 Å². The summed E-state index contributed by atoms with van der Waals surface area (Å²) in [7, 11) is 0. The van der Waals surface area contributed by atoms with Gasteiger partial charge in [0.2, 0.25) is 0 Å². The molecule has 124 valence electrons. The summed E-state index contributed by atoms with van der Waals surface area (Å²) in [6.45, 7) is 6.02. The number of phenolic OH excluding ortho intramolecular Hbond substituents is 2. The number of rotatable bonds is 1. The lowest BCUT2D eigenvalue weighted by Crippen LogP contribution is -2.34. The number of phenols is 2. The Morgan fingerprint density at radius 1 is 1.08 bits per heavy atom. The Bertz CT molecular complexity index is 922. The summed E-state index contributed by atoms with van der Waals surface area (Å²) in [5.74, 6) is -1.29. The predicted molar refractivity (Wildman–Crippen MR) is 87.8 cm³/mol. The number of aryl methyl sites for hydroxylation is 1. The summed E-state index contributed by atoms with van der Waals surface area (Å²) in [5, 5.41) is 31.6. The summed E-state index contributed by atoms with van der Waals surface area (Å²) in [5.41, 5.74) is -0.0262. The second-order valence-electron chi connectivity index (χ2n) is 6.43. The Morgan fingerprint density at radius 3 is 2.29 bits per heavy atom. The van der Waals surface area contributed by atoms with E-state index in [0.29, 0.717) is 11.1 Å². The van der Waals surface area contributed by atoms with Crippen molar-refractivity contribution in [3.63, 3.8) is 0 Å². The highest BCUT2D eigenvalue weighted by Crippen LogP contribution is 2.46. The SMILES string of the molecule is CC(=O)c1c(O)cc2c(c1C)C(=O)c1c(ccc(C)c1O)C2(C)O. The molecule has 1 atom stereocenters. The zero-order valence-corrected chi connectivity index (χ0v) is 13.9. The first-order chi connectivity index (χ1) is 11.1. The molecular weight excluding hydrogens is 308 g/mol. The number of carbonyl (C=O) groups is 2. The van der Waals surface area contributed by atoms with Gasteiger partial charge in [0.1, 0.15) is 17.1 Å². The van der Waals surface area contributed by atoms with Gasteiger partial charge in [-0.2, -0.15) is 0 Å². The molecular formula is C19H18O5. The Labute approximate surface area is 139 Å². The molecule has 0 fully saturated rings. The van der Waals surface area contributed by atoms with Gasteiger partial charge in [-0.05, 0) is 44.9 Å². The fourth-order valence-electron chi connectivity index (χ4n) is 3.52. The first-order valence-corrected chi connectivity index (χ1v) is 7.57. The standard InChI is InChI=1S/C19H18O5/c1-8-5-6-11-16(17(8)22)18(23)15-9(2)14(10(3)20)13(21)7-12(15)19(11,4)24/h5-7,21-22,24H,1-4H3. The maximum absolute atomic E-state index is 13.0. The molecule has 0 aromatic heterocycles. The largest absolute Gasteiger partial charge is 0.507 e. The Balaban J connectivity index is 2.46. The Kier molecular flexibility index (Phi) is 3.32. The van der Waals surface area contributed by atoms with E-state index < -0.39 is 11.4 Å². The van der Waals surface area contributed by atoms with Gasteiger partial charge in [-0.3, -0.25) is 9.59 Å². The van der Waals surface area contributed by atoms with Crippen LogP contribution in [0.1, 0.15) is 62.4 Å². The second kappa shape index (κ2) is 4.92. The molecule has 1 aliphatic rings. The lowest BCUT2D eigenvalue weighted by molar-refractivity contribution is 0.0853. The monoisotopic (exact) mass is 326 g/mol. The lowest BCUT2D eigenvalue weighted by Gasteiger charge is -2.34. The van der Waals surface area contributed by atoms with Gasteiger partial charge in [-0.25, -0.2) is 0 Å².